The summed E-state index contributed by atoms with van der Waals surface area (Å²) in [5.74, 6) is -0.262. The van der Waals surface area contributed by atoms with Crippen LogP contribution in [0.4, 0.5) is 5.69 Å². The van der Waals surface area contributed by atoms with Gasteiger partial charge in [-0.1, -0.05) is 13.3 Å². The third-order valence-electron chi connectivity index (χ3n) is 2.75. The Labute approximate surface area is 140 Å². The molecule has 6 heteroatoms. The molecular weight excluding hydrogens is 311 g/mol. The van der Waals surface area contributed by atoms with Gasteiger partial charge in [-0.3, -0.25) is 0 Å². The normalized spacial score (nSPS) is 9.52. The van der Waals surface area contributed by atoms with Crippen molar-refractivity contribution in [2.45, 2.75) is 19.8 Å². The lowest BCUT2D eigenvalue weighted by molar-refractivity contribution is 0.0482. The molecule has 0 atom stereocenters. The molecule has 1 aromatic carbocycles. The second kappa shape index (κ2) is 12.7. The van der Waals surface area contributed by atoms with Gasteiger partial charge in [0.05, 0.1) is 5.56 Å². The average Bonchev–Trinajstić information content (AvgIpc) is 2.39. The standard InChI is InChI=1S/C15H24N2O2.2ClH/c1-4-5-10-16-14-8-6-13(7-9-14)15(18)19-12-11-17(2)3;;/h6-9,16H,4-5,10-12H2,1-3H3;2*1H. The number of anilines is 1. The second-order valence-electron chi connectivity index (χ2n) is 4.80. The number of carbonyl (C=O) groups is 1. The number of rotatable bonds is 8. The fraction of sp³-hybridized carbons (Fsp3) is 0.533. The van der Waals surface area contributed by atoms with Crippen LogP contribution in [0.25, 0.3) is 0 Å². The van der Waals surface area contributed by atoms with Gasteiger partial charge in [0, 0.05) is 18.8 Å². The molecule has 4 nitrogen and oxygen atoms in total. The zero-order valence-corrected chi connectivity index (χ0v) is 14.6. The Hall–Kier alpha value is -0.970. The highest BCUT2D eigenvalue weighted by Gasteiger charge is 2.06. The van der Waals surface area contributed by atoms with Gasteiger partial charge in [0.2, 0.25) is 0 Å². The van der Waals surface area contributed by atoms with E-state index >= 15 is 0 Å². The highest BCUT2D eigenvalue weighted by Crippen LogP contribution is 2.10. The summed E-state index contributed by atoms with van der Waals surface area (Å²) in [4.78, 5) is 13.7. The minimum Gasteiger partial charge on any atom is -0.461 e. The summed E-state index contributed by atoms with van der Waals surface area (Å²) in [7, 11) is 3.90. The topological polar surface area (TPSA) is 41.6 Å². The fourth-order valence-corrected chi connectivity index (χ4v) is 1.54. The van der Waals surface area contributed by atoms with Gasteiger partial charge in [-0.2, -0.15) is 0 Å². The monoisotopic (exact) mass is 336 g/mol. The van der Waals surface area contributed by atoms with Crippen LogP contribution in [0.1, 0.15) is 30.1 Å². The lowest BCUT2D eigenvalue weighted by atomic mass is 10.2. The molecular formula is C15H26Cl2N2O2. The molecule has 1 rings (SSSR count). The molecule has 0 bridgehead atoms. The van der Waals surface area contributed by atoms with Crippen LogP contribution in [-0.4, -0.2) is 44.7 Å². The minimum atomic E-state index is -0.262. The molecule has 0 unspecified atom stereocenters. The van der Waals surface area contributed by atoms with Crippen molar-refractivity contribution >= 4 is 36.5 Å². The number of esters is 1. The Balaban J connectivity index is 0. The van der Waals surface area contributed by atoms with Crippen LogP contribution in [-0.2, 0) is 4.74 Å². The van der Waals surface area contributed by atoms with E-state index in [1.54, 1.807) is 12.1 Å². The molecule has 0 saturated heterocycles. The molecule has 1 N–H and O–H groups in total. The Morgan fingerprint density at radius 1 is 1.19 bits per heavy atom. The minimum absolute atomic E-state index is 0. The molecule has 0 aliphatic heterocycles. The predicted octanol–water partition coefficient (Wildman–Crippen LogP) is 3.46. The molecule has 0 aliphatic carbocycles. The molecule has 0 saturated carbocycles. The molecule has 21 heavy (non-hydrogen) atoms. The predicted molar refractivity (Wildman–Crippen MR) is 93.2 cm³/mol. The summed E-state index contributed by atoms with van der Waals surface area (Å²) >= 11 is 0. The van der Waals surface area contributed by atoms with Crippen LogP contribution < -0.4 is 5.32 Å². The van der Waals surface area contributed by atoms with E-state index in [4.69, 9.17) is 4.74 Å². The van der Waals surface area contributed by atoms with Crippen LogP contribution >= 0.6 is 24.8 Å². The molecule has 0 heterocycles. The average molecular weight is 337 g/mol. The number of likely N-dealkylation sites (N-methyl/N-ethyl adjacent to an activating group) is 1. The molecule has 0 aromatic heterocycles. The van der Waals surface area contributed by atoms with E-state index in [9.17, 15) is 4.79 Å². The number of benzene rings is 1. The van der Waals surface area contributed by atoms with Crippen LogP contribution in [0.3, 0.4) is 0 Å². The summed E-state index contributed by atoms with van der Waals surface area (Å²) in [6.07, 6.45) is 2.32. The van der Waals surface area contributed by atoms with E-state index in [0.717, 1.165) is 25.2 Å². The van der Waals surface area contributed by atoms with Gasteiger partial charge in [-0.25, -0.2) is 4.79 Å². The first-order valence-electron chi connectivity index (χ1n) is 6.79. The van der Waals surface area contributed by atoms with Gasteiger partial charge in [0.15, 0.2) is 0 Å². The zero-order chi connectivity index (χ0) is 14.1. The quantitative estimate of drug-likeness (QED) is 0.583. The lowest BCUT2D eigenvalue weighted by Gasteiger charge is -2.10. The number of nitrogens with one attached hydrogen (secondary N) is 1. The Kier molecular flexibility index (Phi) is 13.5. The van der Waals surface area contributed by atoms with Crippen LogP contribution in [0, 0.1) is 0 Å². The largest absolute Gasteiger partial charge is 0.461 e. The van der Waals surface area contributed by atoms with E-state index in [0.29, 0.717) is 12.2 Å². The first-order valence-corrected chi connectivity index (χ1v) is 6.79. The molecule has 0 spiro atoms. The number of nitrogens with zero attached hydrogens (tertiary/aromatic N) is 1. The summed E-state index contributed by atoms with van der Waals surface area (Å²) in [5.41, 5.74) is 1.64. The number of unbranched alkanes of at least 4 members (excludes halogenated alkanes) is 1. The summed E-state index contributed by atoms with van der Waals surface area (Å²) in [6, 6.07) is 7.43. The van der Waals surface area contributed by atoms with Crippen molar-refractivity contribution in [3.05, 3.63) is 29.8 Å². The summed E-state index contributed by atoms with van der Waals surface area (Å²) in [6.45, 7) is 4.28. The van der Waals surface area contributed by atoms with Gasteiger partial charge < -0.3 is 15.0 Å². The smallest absolute Gasteiger partial charge is 0.338 e. The van der Waals surface area contributed by atoms with Crippen LogP contribution in [0.5, 0.6) is 0 Å². The first kappa shape index (κ1) is 22.3. The van der Waals surface area contributed by atoms with Crippen molar-refractivity contribution in [2.24, 2.45) is 0 Å². The number of ether oxygens (including phenoxy) is 1. The van der Waals surface area contributed by atoms with Crippen molar-refractivity contribution in [2.75, 3.05) is 39.1 Å². The molecule has 122 valence electrons. The van der Waals surface area contributed by atoms with Gasteiger partial charge in [-0.15, -0.1) is 24.8 Å². The van der Waals surface area contributed by atoms with Crippen LogP contribution in [0.2, 0.25) is 0 Å². The summed E-state index contributed by atoms with van der Waals surface area (Å²) < 4.78 is 5.18. The SMILES string of the molecule is CCCCNc1ccc(C(=O)OCCN(C)C)cc1.Cl.Cl. The molecule has 1 aromatic rings. The third-order valence-corrected chi connectivity index (χ3v) is 2.75. The maximum atomic E-state index is 11.7. The fourth-order valence-electron chi connectivity index (χ4n) is 1.54. The van der Waals surface area contributed by atoms with Gasteiger partial charge in [0.1, 0.15) is 6.61 Å². The van der Waals surface area contributed by atoms with E-state index in [2.05, 4.69) is 12.2 Å². The molecule has 0 radical (unpaired) electrons. The lowest BCUT2D eigenvalue weighted by Crippen LogP contribution is -2.20. The number of carbonyl (C=O) groups excluding carboxylic acids is 1. The van der Waals surface area contributed by atoms with E-state index in [-0.39, 0.29) is 30.8 Å². The molecule has 0 fully saturated rings. The number of hydrogen-bond donors (Lipinski definition) is 1. The number of halogens is 2. The van der Waals surface area contributed by atoms with Crippen molar-refractivity contribution in [3.8, 4) is 0 Å². The van der Waals surface area contributed by atoms with Crippen molar-refractivity contribution in [1.29, 1.82) is 0 Å². The van der Waals surface area contributed by atoms with Crippen molar-refractivity contribution in [1.82, 2.24) is 4.90 Å². The maximum absolute atomic E-state index is 11.7. The highest BCUT2D eigenvalue weighted by atomic mass is 35.5. The highest BCUT2D eigenvalue weighted by molar-refractivity contribution is 5.89. The first-order chi connectivity index (χ1) is 9.13. The Morgan fingerprint density at radius 2 is 1.81 bits per heavy atom. The van der Waals surface area contributed by atoms with Crippen LogP contribution in [0.15, 0.2) is 24.3 Å². The zero-order valence-electron chi connectivity index (χ0n) is 12.9. The third kappa shape index (κ3) is 9.56. The summed E-state index contributed by atoms with van der Waals surface area (Å²) in [5, 5.41) is 3.31. The van der Waals surface area contributed by atoms with E-state index in [1.165, 1.54) is 6.42 Å². The number of hydrogen-bond acceptors (Lipinski definition) is 4. The van der Waals surface area contributed by atoms with Crippen molar-refractivity contribution in [3.63, 3.8) is 0 Å². The van der Waals surface area contributed by atoms with E-state index < -0.39 is 0 Å². The van der Waals surface area contributed by atoms with Crippen molar-refractivity contribution < 1.29 is 9.53 Å². The van der Waals surface area contributed by atoms with Gasteiger partial charge >= 0.3 is 5.97 Å². The Morgan fingerprint density at radius 3 is 2.33 bits per heavy atom. The van der Waals surface area contributed by atoms with E-state index in [1.807, 2.05) is 31.1 Å². The maximum Gasteiger partial charge on any atom is 0.338 e. The second-order valence-corrected chi connectivity index (χ2v) is 4.80. The Bertz CT molecular complexity index is 384. The molecule has 0 amide bonds. The van der Waals surface area contributed by atoms with Gasteiger partial charge in [0.25, 0.3) is 0 Å². The van der Waals surface area contributed by atoms with Gasteiger partial charge in [-0.05, 0) is 44.8 Å². The molecule has 0 aliphatic rings.